The average molecular weight is 358 g/mol. The molecule has 2 aromatic rings. The first-order chi connectivity index (χ1) is 10.7. The Labute approximate surface area is 140 Å². The molecular formula is C16H17ClFNO3S. The Bertz CT molecular complexity index is 759. The van der Waals surface area contributed by atoms with E-state index in [1.165, 1.54) is 31.2 Å². The van der Waals surface area contributed by atoms with Crippen molar-refractivity contribution in [1.82, 2.24) is 4.72 Å². The van der Waals surface area contributed by atoms with Gasteiger partial charge in [-0.25, -0.2) is 17.5 Å². The monoisotopic (exact) mass is 357 g/mol. The van der Waals surface area contributed by atoms with Gasteiger partial charge in [0.25, 0.3) is 0 Å². The van der Waals surface area contributed by atoms with Gasteiger partial charge in [-0.1, -0.05) is 35.9 Å². The summed E-state index contributed by atoms with van der Waals surface area (Å²) >= 11 is 5.76. The number of nitrogens with one attached hydrogen (secondary N) is 1. The highest BCUT2D eigenvalue weighted by Gasteiger charge is 2.25. The molecule has 0 amide bonds. The second kappa shape index (κ2) is 6.97. The zero-order chi connectivity index (χ0) is 17.1. The molecule has 2 rings (SSSR count). The molecule has 4 nitrogen and oxygen atoms in total. The molecule has 2 aromatic carbocycles. The van der Waals surface area contributed by atoms with Crippen LogP contribution in [-0.2, 0) is 21.4 Å². The minimum Gasteiger partial charge on any atom is -0.384 e. The molecule has 0 fully saturated rings. The van der Waals surface area contributed by atoms with Crippen LogP contribution in [0.3, 0.4) is 0 Å². The van der Waals surface area contributed by atoms with E-state index in [2.05, 4.69) is 4.72 Å². The lowest BCUT2D eigenvalue weighted by Crippen LogP contribution is -2.39. The molecule has 0 aliphatic heterocycles. The summed E-state index contributed by atoms with van der Waals surface area (Å²) in [5.41, 5.74) is -0.433. The van der Waals surface area contributed by atoms with E-state index >= 15 is 0 Å². The highest BCUT2D eigenvalue weighted by molar-refractivity contribution is 7.88. The van der Waals surface area contributed by atoms with E-state index in [0.29, 0.717) is 16.1 Å². The standard InChI is InChI=1S/C16H17ClFNO3S/c1-16(20,13-4-8-15(18)9-5-13)11-19-23(21,22)10-12-2-6-14(17)7-3-12/h2-9,19-20H,10-11H2,1H3. The largest absolute Gasteiger partial charge is 0.384 e. The number of benzene rings is 2. The van der Waals surface area contributed by atoms with E-state index in [1.807, 2.05) is 0 Å². The van der Waals surface area contributed by atoms with Gasteiger partial charge in [0.05, 0.1) is 5.75 Å². The first-order valence-electron chi connectivity index (χ1n) is 6.88. The van der Waals surface area contributed by atoms with Gasteiger partial charge in [-0.15, -0.1) is 0 Å². The summed E-state index contributed by atoms with van der Waals surface area (Å²) in [6.45, 7) is 1.25. The maximum absolute atomic E-state index is 12.9. The minimum absolute atomic E-state index is 0.214. The highest BCUT2D eigenvalue weighted by atomic mass is 35.5. The van der Waals surface area contributed by atoms with E-state index in [-0.39, 0.29) is 12.3 Å². The second-order valence-electron chi connectivity index (χ2n) is 5.49. The Kier molecular flexibility index (Phi) is 5.41. The highest BCUT2D eigenvalue weighted by Crippen LogP contribution is 2.20. The van der Waals surface area contributed by atoms with E-state index in [9.17, 15) is 17.9 Å². The third-order valence-electron chi connectivity index (χ3n) is 3.37. The van der Waals surface area contributed by atoms with Crippen molar-refractivity contribution in [3.05, 3.63) is 70.5 Å². The van der Waals surface area contributed by atoms with E-state index < -0.39 is 21.4 Å². The molecule has 0 aliphatic rings. The van der Waals surface area contributed by atoms with Crippen LogP contribution in [0.1, 0.15) is 18.1 Å². The van der Waals surface area contributed by atoms with Crippen LogP contribution < -0.4 is 4.72 Å². The topological polar surface area (TPSA) is 66.4 Å². The Morgan fingerprint density at radius 2 is 1.70 bits per heavy atom. The van der Waals surface area contributed by atoms with Gasteiger partial charge in [0.15, 0.2) is 0 Å². The van der Waals surface area contributed by atoms with Crippen molar-refractivity contribution >= 4 is 21.6 Å². The van der Waals surface area contributed by atoms with Crippen LogP contribution in [0.15, 0.2) is 48.5 Å². The Morgan fingerprint density at radius 1 is 1.13 bits per heavy atom. The average Bonchev–Trinajstić information content (AvgIpc) is 2.48. The normalized spacial score (nSPS) is 14.4. The van der Waals surface area contributed by atoms with Gasteiger partial charge < -0.3 is 5.11 Å². The van der Waals surface area contributed by atoms with Crippen LogP contribution in [0.5, 0.6) is 0 Å². The molecule has 0 heterocycles. The third kappa shape index (κ3) is 5.28. The molecule has 2 N–H and O–H groups in total. The predicted molar refractivity (Wildman–Crippen MR) is 88.0 cm³/mol. The maximum atomic E-state index is 12.9. The number of aliphatic hydroxyl groups is 1. The molecule has 0 aliphatic carbocycles. The molecule has 1 atom stereocenters. The fourth-order valence-electron chi connectivity index (χ4n) is 2.01. The summed E-state index contributed by atoms with van der Waals surface area (Å²) in [7, 11) is -3.62. The van der Waals surface area contributed by atoms with Crippen molar-refractivity contribution in [2.45, 2.75) is 18.3 Å². The Morgan fingerprint density at radius 3 is 2.26 bits per heavy atom. The molecule has 1 unspecified atom stereocenters. The summed E-state index contributed by atoms with van der Waals surface area (Å²) in [6.07, 6.45) is 0. The molecule has 0 radical (unpaired) electrons. The molecule has 0 saturated carbocycles. The van der Waals surface area contributed by atoms with Gasteiger partial charge in [-0.2, -0.15) is 0 Å². The number of rotatable bonds is 6. The van der Waals surface area contributed by atoms with Gasteiger partial charge in [0.2, 0.25) is 10.0 Å². The molecule has 0 spiro atoms. The van der Waals surface area contributed by atoms with Crippen molar-refractivity contribution in [1.29, 1.82) is 0 Å². The zero-order valence-electron chi connectivity index (χ0n) is 12.5. The summed E-state index contributed by atoms with van der Waals surface area (Å²) in [5, 5.41) is 10.9. The number of halogens is 2. The van der Waals surface area contributed by atoms with Crippen LogP contribution in [0.2, 0.25) is 5.02 Å². The van der Waals surface area contributed by atoms with Crippen molar-refractivity contribution in [2.75, 3.05) is 6.54 Å². The lowest BCUT2D eigenvalue weighted by Gasteiger charge is -2.24. The Balaban J connectivity index is 2.03. The fourth-order valence-corrected chi connectivity index (χ4v) is 3.37. The smallest absolute Gasteiger partial charge is 0.215 e. The summed E-state index contributed by atoms with van der Waals surface area (Å²) in [6, 6.07) is 11.7. The van der Waals surface area contributed by atoms with Crippen LogP contribution >= 0.6 is 11.6 Å². The molecule has 0 saturated heterocycles. The lowest BCUT2D eigenvalue weighted by molar-refractivity contribution is 0.0627. The number of hydrogen-bond donors (Lipinski definition) is 2. The van der Waals surface area contributed by atoms with Crippen molar-refractivity contribution in [2.24, 2.45) is 0 Å². The molecule has 0 aromatic heterocycles. The van der Waals surface area contributed by atoms with Crippen molar-refractivity contribution in [3.63, 3.8) is 0 Å². The van der Waals surface area contributed by atoms with Crippen LogP contribution in [0.4, 0.5) is 4.39 Å². The second-order valence-corrected chi connectivity index (χ2v) is 7.73. The third-order valence-corrected chi connectivity index (χ3v) is 4.92. The van der Waals surface area contributed by atoms with Crippen molar-refractivity contribution < 1.29 is 17.9 Å². The van der Waals surface area contributed by atoms with Gasteiger partial charge in [-0.3, -0.25) is 0 Å². The number of sulfonamides is 1. The Hall–Kier alpha value is -1.47. The van der Waals surface area contributed by atoms with Crippen LogP contribution in [0, 0.1) is 5.82 Å². The SMILES string of the molecule is CC(O)(CNS(=O)(=O)Cc1ccc(Cl)cc1)c1ccc(F)cc1. The summed E-state index contributed by atoms with van der Waals surface area (Å²) in [4.78, 5) is 0. The zero-order valence-corrected chi connectivity index (χ0v) is 14.0. The van der Waals surface area contributed by atoms with Gasteiger partial charge >= 0.3 is 0 Å². The maximum Gasteiger partial charge on any atom is 0.215 e. The first-order valence-corrected chi connectivity index (χ1v) is 8.91. The molecule has 0 bridgehead atoms. The fraction of sp³-hybridized carbons (Fsp3) is 0.250. The summed E-state index contributed by atoms with van der Waals surface area (Å²) in [5.74, 6) is -0.642. The quantitative estimate of drug-likeness (QED) is 0.835. The van der Waals surface area contributed by atoms with E-state index in [0.717, 1.165) is 0 Å². The van der Waals surface area contributed by atoms with Crippen LogP contribution in [0.25, 0.3) is 0 Å². The van der Waals surface area contributed by atoms with Crippen LogP contribution in [-0.4, -0.2) is 20.1 Å². The van der Waals surface area contributed by atoms with Gasteiger partial charge in [0, 0.05) is 11.6 Å². The molecule has 23 heavy (non-hydrogen) atoms. The summed E-state index contributed by atoms with van der Waals surface area (Å²) < 4.78 is 39.5. The van der Waals surface area contributed by atoms with E-state index in [4.69, 9.17) is 11.6 Å². The molecule has 7 heteroatoms. The molecular weight excluding hydrogens is 341 g/mol. The van der Waals surface area contributed by atoms with E-state index in [1.54, 1.807) is 24.3 Å². The van der Waals surface area contributed by atoms with Crippen molar-refractivity contribution in [3.8, 4) is 0 Å². The first kappa shape index (κ1) is 17.9. The molecule has 124 valence electrons. The number of hydrogen-bond acceptors (Lipinski definition) is 3. The minimum atomic E-state index is -3.62. The predicted octanol–water partition coefficient (Wildman–Crippen LogP) is 2.81. The lowest BCUT2D eigenvalue weighted by atomic mass is 9.96. The van der Waals surface area contributed by atoms with Gasteiger partial charge in [0.1, 0.15) is 11.4 Å². The van der Waals surface area contributed by atoms with Gasteiger partial charge in [-0.05, 0) is 42.3 Å².